The molecule has 4 rings (SSSR count). The number of likely N-dealkylation sites (tertiary alicyclic amines) is 1. The van der Waals surface area contributed by atoms with Gasteiger partial charge in [0.05, 0.1) is 10.6 Å². The second kappa shape index (κ2) is 10.0. The molecule has 1 saturated heterocycles. The Morgan fingerprint density at radius 3 is 2.29 bits per heavy atom. The predicted molar refractivity (Wildman–Crippen MR) is 122 cm³/mol. The summed E-state index contributed by atoms with van der Waals surface area (Å²) in [6, 6.07) is 17.0. The van der Waals surface area contributed by atoms with E-state index in [0.29, 0.717) is 25.2 Å². The van der Waals surface area contributed by atoms with Gasteiger partial charge in [-0.2, -0.15) is 13.2 Å². The van der Waals surface area contributed by atoms with Crippen molar-refractivity contribution in [2.75, 3.05) is 13.1 Å². The van der Waals surface area contributed by atoms with E-state index in [4.69, 9.17) is 17.3 Å². The molecular formula is C26H24ClF5N2. The molecule has 1 heterocycles. The first-order valence-electron chi connectivity index (χ1n) is 10.9. The lowest BCUT2D eigenvalue weighted by atomic mass is 9.82. The molecule has 1 fully saturated rings. The number of benzene rings is 3. The largest absolute Gasteiger partial charge is 0.419 e. The van der Waals surface area contributed by atoms with Gasteiger partial charge in [-0.3, -0.25) is 4.90 Å². The molecule has 34 heavy (non-hydrogen) atoms. The third-order valence-corrected chi connectivity index (χ3v) is 6.73. The number of alkyl halides is 3. The number of nitrogens with zero attached hydrogens (tertiary/aromatic N) is 1. The minimum absolute atomic E-state index is 0.0315. The van der Waals surface area contributed by atoms with Gasteiger partial charge >= 0.3 is 6.18 Å². The van der Waals surface area contributed by atoms with Crippen LogP contribution in [0.25, 0.3) is 0 Å². The van der Waals surface area contributed by atoms with Gasteiger partial charge in [0.2, 0.25) is 0 Å². The van der Waals surface area contributed by atoms with Crippen molar-refractivity contribution in [1.82, 2.24) is 4.90 Å². The van der Waals surface area contributed by atoms with Crippen molar-refractivity contribution in [3.63, 3.8) is 0 Å². The molecule has 0 amide bonds. The van der Waals surface area contributed by atoms with Gasteiger partial charge in [-0.25, -0.2) is 8.78 Å². The molecule has 3 atom stereocenters. The number of halogens is 6. The first-order valence-corrected chi connectivity index (χ1v) is 11.3. The molecule has 0 bridgehead atoms. The van der Waals surface area contributed by atoms with Crippen LogP contribution in [0.2, 0.25) is 5.02 Å². The summed E-state index contributed by atoms with van der Waals surface area (Å²) < 4.78 is 67.0. The molecule has 2 N–H and O–H groups in total. The van der Waals surface area contributed by atoms with Crippen molar-refractivity contribution in [3.05, 3.63) is 106 Å². The van der Waals surface area contributed by atoms with Crippen molar-refractivity contribution < 1.29 is 22.0 Å². The normalized spacial score (nSPS) is 20.0. The van der Waals surface area contributed by atoms with Gasteiger partial charge in [-0.1, -0.05) is 54.1 Å². The third-order valence-electron chi connectivity index (χ3n) is 6.42. The molecule has 3 aromatic carbocycles. The summed E-state index contributed by atoms with van der Waals surface area (Å²) >= 11 is 5.86. The maximum Gasteiger partial charge on any atom is 0.419 e. The Morgan fingerprint density at radius 1 is 0.912 bits per heavy atom. The van der Waals surface area contributed by atoms with Gasteiger partial charge < -0.3 is 5.73 Å². The summed E-state index contributed by atoms with van der Waals surface area (Å²) in [5.41, 5.74) is 7.53. The standard InChI is InChI=1S/C26H24ClF5N2/c27-22-9-7-18(12-24(22)29)19-14-34(13-16-4-2-1-3-5-16)15-20(19)25(33)11-17-6-8-21(23(28)10-17)26(30,31)32/h1-10,12,19-20,25H,11,13-15,33H2. The van der Waals surface area contributed by atoms with Crippen molar-refractivity contribution in [3.8, 4) is 0 Å². The van der Waals surface area contributed by atoms with E-state index in [-0.39, 0.29) is 23.3 Å². The SMILES string of the molecule is NC(Cc1ccc(C(F)(F)F)c(F)c1)C1CN(Cc2ccccc2)CC1c1ccc(Cl)c(F)c1. The monoisotopic (exact) mass is 494 g/mol. The third kappa shape index (κ3) is 5.59. The number of rotatable bonds is 6. The predicted octanol–water partition coefficient (Wildman–Crippen LogP) is 6.42. The summed E-state index contributed by atoms with van der Waals surface area (Å²) in [6.07, 6.45) is -4.55. The highest BCUT2D eigenvalue weighted by Gasteiger charge is 2.38. The first kappa shape index (κ1) is 24.6. The molecule has 3 unspecified atom stereocenters. The fraction of sp³-hybridized carbons (Fsp3) is 0.308. The van der Waals surface area contributed by atoms with Crippen molar-refractivity contribution in [2.45, 2.75) is 31.1 Å². The van der Waals surface area contributed by atoms with Crippen LogP contribution in [-0.2, 0) is 19.1 Å². The Hall–Kier alpha value is -2.48. The van der Waals surface area contributed by atoms with Crippen LogP contribution in [-0.4, -0.2) is 24.0 Å². The molecule has 8 heteroatoms. The van der Waals surface area contributed by atoms with E-state index in [0.717, 1.165) is 23.3 Å². The molecular weight excluding hydrogens is 471 g/mol. The number of hydrogen-bond acceptors (Lipinski definition) is 2. The lowest BCUT2D eigenvalue weighted by Gasteiger charge is -2.26. The Labute approximate surface area is 200 Å². The van der Waals surface area contributed by atoms with Crippen molar-refractivity contribution in [1.29, 1.82) is 0 Å². The zero-order chi connectivity index (χ0) is 24.5. The fourth-order valence-corrected chi connectivity index (χ4v) is 4.87. The number of nitrogens with two attached hydrogens (primary N) is 1. The maximum absolute atomic E-state index is 14.2. The summed E-state index contributed by atoms with van der Waals surface area (Å²) in [6.45, 7) is 1.94. The minimum atomic E-state index is -4.75. The molecule has 0 radical (unpaired) electrons. The highest BCUT2D eigenvalue weighted by atomic mass is 35.5. The van der Waals surface area contributed by atoms with Gasteiger partial charge in [-0.15, -0.1) is 0 Å². The van der Waals surface area contributed by atoms with E-state index in [1.165, 1.54) is 18.2 Å². The highest BCUT2D eigenvalue weighted by Crippen LogP contribution is 2.37. The molecule has 0 spiro atoms. The second-order valence-corrected chi connectivity index (χ2v) is 9.21. The zero-order valence-electron chi connectivity index (χ0n) is 18.2. The summed E-state index contributed by atoms with van der Waals surface area (Å²) in [5.74, 6) is -2.05. The smallest absolute Gasteiger partial charge is 0.327 e. The van der Waals surface area contributed by atoms with Crippen LogP contribution in [0, 0.1) is 17.6 Å². The van der Waals surface area contributed by atoms with Crippen LogP contribution in [0.3, 0.4) is 0 Å². The average molecular weight is 495 g/mol. The van der Waals surface area contributed by atoms with Crippen molar-refractivity contribution in [2.24, 2.45) is 11.7 Å². The lowest BCUT2D eigenvalue weighted by molar-refractivity contribution is -0.140. The molecule has 0 saturated carbocycles. The van der Waals surface area contributed by atoms with Gasteiger partial charge in [-0.05, 0) is 53.3 Å². The van der Waals surface area contributed by atoms with E-state index >= 15 is 0 Å². The highest BCUT2D eigenvalue weighted by molar-refractivity contribution is 6.30. The fourth-order valence-electron chi connectivity index (χ4n) is 4.75. The van der Waals surface area contributed by atoms with E-state index in [1.54, 1.807) is 6.07 Å². The molecule has 3 aromatic rings. The summed E-state index contributed by atoms with van der Waals surface area (Å²) in [7, 11) is 0. The molecule has 1 aliphatic rings. The van der Waals surface area contributed by atoms with Crippen LogP contribution in [0.15, 0.2) is 66.7 Å². The van der Waals surface area contributed by atoms with E-state index in [1.807, 2.05) is 30.3 Å². The quantitative estimate of drug-likeness (QED) is 0.400. The lowest BCUT2D eigenvalue weighted by Crippen LogP contribution is -2.36. The number of hydrogen-bond donors (Lipinski definition) is 1. The van der Waals surface area contributed by atoms with E-state index in [9.17, 15) is 22.0 Å². The van der Waals surface area contributed by atoms with Crippen LogP contribution in [0.5, 0.6) is 0 Å². The van der Waals surface area contributed by atoms with Gasteiger partial charge in [0.1, 0.15) is 11.6 Å². The van der Waals surface area contributed by atoms with Gasteiger partial charge in [0.25, 0.3) is 0 Å². The Kier molecular flexibility index (Phi) is 7.26. The Morgan fingerprint density at radius 2 is 1.65 bits per heavy atom. The van der Waals surface area contributed by atoms with Crippen LogP contribution >= 0.6 is 11.6 Å². The molecule has 180 valence electrons. The zero-order valence-corrected chi connectivity index (χ0v) is 19.0. The van der Waals surface area contributed by atoms with Crippen LogP contribution in [0.4, 0.5) is 22.0 Å². The molecule has 0 aliphatic carbocycles. The summed E-state index contributed by atoms with van der Waals surface area (Å²) in [4.78, 5) is 2.23. The van der Waals surface area contributed by atoms with Gasteiger partial charge in [0.15, 0.2) is 0 Å². The summed E-state index contributed by atoms with van der Waals surface area (Å²) in [5, 5.41) is 0.0315. The second-order valence-electron chi connectivity index (χ2n) is 8.80. The Bertz CT molecular complexity index is 1140. The molecule has 0 aromatic heterocycles. The minimum Gasteiger partial charge on any atom is -0.327 e. The molecule has 1 aliphatic heterocycles. The first-order chi connectivity index (χ1) is 16.1. The van der Waals surface area contributed by atoms with Crippen molar-refractivity contribution >= 4 is 11.6 Å². The van der Waals surface area contributed by atoms with Crippen LogP contribution in [0.1, 0.15) is 28.2 Å². The topological polar surface area (TPSA) is 29.3 Å². The Balaban J connectivity index is 1.57. The average Bonchev–Trinajstić information content (AvgIpc) is 3.19. The van der Waals surface area contributed by atoms with Crippen LogP contribution < -0.4 is 5.73 Å². The van der Waals surface area contributed by atoms with E-state index in [2.05, 4.69) is 4.90 Å². The van der Waals surface area contributed by atoms with E-state index < -0.39 is 29.4 Å². The molecule has 2 nitrogen and oxygen atoms in total. The van der Waals surface area contributed by atoms with Gasteiger partial charge in [0, 0.05) is 31.6 Å². The maximum atomic E-state index is 14.2.